The van der Waals surface area contributed by atoms with Crippen LogP contribution in [0.1, 0.15) is 51.3 Å². The summed E-state index contributed by atoms with van der Waals surface area (Å²) < 4.78 is 15.0. The molecule has 0 aromatic heterocycles. The van der Waals surface area contributed by atoms with Gasteiger partial charge in [-0.15, -0.1) is 0 Å². The first-order valence-corrected chi connectivity index (χ1v) is 9.49. The van der Waals surface area contributed by atoms with E-state index in [2.05, 4.69) is 63.8 Å². The van der Waals surface area contributed by atoms with E-state index in [9.17, 15) is 0 Å². The number of anilines is 1. The topological polar surface area (TPSA) is 3.24 Å². The number of benzene rings is 2. The van der Waals surface area contributed by atoms with Gasteiger partial charge >= 0.3 is 0 Å². The lowest BCUT2D eigenvalue weighted by atomic mass is 9.79. The molecule has 0 heterocycles. The van der Waals surface area contributed by atoms with Gasteiger partial charge in [0.2, 0.25) is 0 Å². The predicted molar refractivity (Wildman–Crippen MR) is 112 cm³/mol. The van der Waals surface area contributed by atoms with Crippen LogP contribution in [0.2, 0.25) is 0 Å². The Bertz CT molecular complexity index is 721. The van der Waals surface area contributed by atoms with Gasteiger partial charge in [-0.3, -0.25) is 0 Å². The summed E-state index contributed by atoms with van der Waals surface area (Å²) in [4.78, 5) is 2.10. The van der Waals surface area contributed by atoms with E-state index in [1.807, 2.05) is 32.3 Å². The van der Waals surface area contributed by atoms with Gasteiger partial charge in [-0.25, -0.2) is 4.39 Å². The highest BCUT2D eigenvalue weighted by molar-refractivity contribution is 5.46. The average molecular weight is 356 g/mol. The molecule has 2 heteroatoms. The molecule has 0 spiro atoms. The maximum absolute atomic E-state index is 15.0. The highest BCUT2D eigenvalue weighted by Gasteiger charge is 2.23. The van der Waals surface area contributed by atoms with E-state index in [1.165, 1.54) is 11.3 Å². The molecule has 0 aliphatic rings. The van der Waals surface area contributed by atoms with Crippen molar-refractivity contribution in [3.05, 3.63) is 65.0 Å². The molecule has 26 heavy (non-hydrogen) atoms. The van der Waals surface area contributed by atoms with Gasteiger partial charge in [-0.1, -0.05) is 65.0 Å². The molecule has 0 saturated carbocycles. The summed E-state index contributed by atoms with van der Waals surface area (Å²) >= 11 is 0. The van der Waals surface area contributed by atoms with Crippen molar-refractivity contribution in [1.29, 1.82) is 0 Å². The van der Waals surface area contributed by atoms with E-state index in [4.69, 9.17) is 0 Å². The van der Waals surface area contributed by atoms with E-state index in [1.54, 1.807) is 0 Å². The fraction of sp³-hybridized carbons (Fsp3) is 0.500. The van der Waals surface area contributed by atoms with Gasteiger partial charge in [-0.2, -0.15) is 0 Å². The summed E-state index contributed by atoms with van der Waals surface area (Å²) in [5.41, 5.74) is 4.26. The molecule has 2 rings (SSSR count). The van der Waals surface area contributed by atoms with Crippen LogP contribution in [-0.4, -0.2) is 14.1 Å². The first-order chi connectivity index (χ1) is 12.0. The normalized spacial score (nSPS) is 12.3. The standard InChI is InChI=1S/C24H34FN/c1-23(2,3)16-19-9-8-10-20(22(19)25)17-24(4,5)15-18-11-13-21(14-12-18)26(6)7/h8-14H,15-17H2,1-7H3. The summed E-state index contributed by atoms with van der Waals surface area (Å²) in [6.07, 6.45) is 2.44. The fourth-order valence-corrected chi connectivity index (χ4v) is 3.52. The Kier molecular flexibility index (Phi) is 6.16. The Morgan fingerprint density at radius 1 is 0.769 bits per heavy atom. The molecule has 0 N–H and O–H groups in total. The van der Waals surface area contributed by atoms with E-state index in [-0.39, 0.29) is 16.6 Å². The van der Waals surface area contributed by atoms with Crippen molar-refractivity contribution in [1.82, 2.24) is 0 Å². The first-order valence-electron chi connectivity index (χ1n) is 9.49. The molecule has 142 valence electrons. The Balaban J connectivity index is 2.14. The monoisotopic (exact) mass is 355 g/mol. The SMILES string of the molecule is CN(C)c1ccc(CC(C)(C)Cc2cccc(CC(C)(C)C)c2F)cc1. The maximum Gasteiger partial charge on any atom is 0.129 e. The second kappa shape index (κ2) is 7.82. The molecule has 0 fully saturated rings. The summed E-state index contributed by atoms with van der Waals surface area (Å²) in [5.74, 6) is -0.0153. The van der Waals surface area contributed by atoms with Crippen molar-refractivity contribution in [3.63, 3.8) is 0 Å². The lowest BCUT2D eigenvalue weighted by Gasteiger charge is -2.26. The van der Waals surface area contributed by atoms with Crippen molar-refractivity contribution in [2.24, 2.45) is 10.8 Å². The number of nitrogens with zero attached hydrogens (tertiary/aromatic N) is 1. The zero-order valence-corrected chi connectivity index (χ0v) is 17.5. The molecule has 0 amide bonds. The summed E-state index contributed by atoms with van der Waals surface area (Å²) in [6, 6.07) is 14.5. The highest BCUT2D eigenvalue weighted by atomic mass is 19.1. The Morgan fingerprint density at radius 2 is 1.31 bits per heavy atom. The van der Waals surface area contributed by atoms with E-state index in [0.29, 0.717) is 0 Å². The van der Waals surface area contributed by atoms with Crippen LogP contribution in [0.5, 0.6) is 0 Å². The first kappa shape index (κ1) is 20.5. The van der Waals surface area contributed by atoms with Crippen LogP contribution < -0.4 is 4.90 Å². The van der Waals surface area contributed by atoms with Crippen molar-refractivity contribution in [2.45, 2.75) is 53.9 Å². The second-order valence-electron chi connectivity index (χ2n) is 9.71. The molecule has 1 nitrogen and oxygen atoms in total. The van der Waals surface area contributed by atoms with Crippen molar-refractivity contribution >= 4 is 5.69 Å². The molecular formula is C24H34FN. The van der Waals surface area contributed by atoms with Gasteiger partial charge in [-0.05, 0) is 58.9 Å². The quantitative estimate of drug-likeness (QED) is 0.588. The second-order valence-corrected chi connectivity index (χ2v) is 9.71. The van der Waals surface area contributed by atoms with Crippen molar-refractivity contribution < 1.29 is 4.39 Å². The lowest BCUT2D eigenvalue weighted by Crippen LogP contribution is -2.20. The van der Waals surface area contributed by atoms with Crippen LogP contribution in [0.25, 0.3) is 0 Å². The molecule has 0 atom stereocenters. The lowest BCUT2D eigenvalue weighted by molar-refractivity contribution is 0.352. The minimum atomic E-state index is -0.0153. The molecule has 2 aromatic rings. The number of hydrogen-bond donors (Lipinski definition) is 0. The molecule has 0 unspecified atom stereocenters. The van der Waals surface area contributed by atoms with Crippen LogP contribution >= 0.6 is 0 Å². The van der Waals surface area contributed by atoms with Gasteiger partial charge in [0.05, 0.1) is 0 Å². The Labute approximate surface area is 159 Å². The molecule has 2 aromatic carbocycles. The van der Waals surface area contributed by atoms with Gasteiger partial charge in [0.15, 0.2) is 0 Å². The minimum absolute atomic E-state index is 0.000822. The third-order valence-corrected chi connectivity index (χ3v) is 4.68. The number of halogens is 1. The van der Waals surface area contributed by atoms with Crippen molar-refractivity contribution in [3.8, 4) is 0 Å². The molecule has 0 radical (unpaired) electrons. The van der Waals surface area contributed by atoms with Crippen LogP contribution in [-0.2, 0) is 19.3 Å². The summed E-state index contributed by atoms with van der Waals surface area (Å²) in [5, 5.41) is 0. The zero-order chi connectivity index (χ0) is 19.5. The van der Waals surface area contributed by atoms with Crippen LogP contribution in [0.3, 0.4) is 0 Å². The van der Waals surface area contributed by atoms with E-state index in [0.717, 1.165) is 30.4 Å². The van der Waals surface area contributed by atoms with Gasteiger partial charge in [0, 0.05) is 19.8 Å². The molecular weight excluding hydrogens is 321 g/mol. The fourth-order valence-electron chi connectivity index (χ4n) is 3.52. The molecule has 0 bridgehead atoms. The van der Waals surface area contributed by atoms with Crippen LogP contribution in [0, 0.1) is 16.6 Å². The van der Waals surface area contributed by atoms with Crippen LogP contribution in [0.15, 0.2) is 42.5 Å². The predicted octanol–water partition coefficient (Wildman–Crippen LogP) is 6.29. The highest BCUT2D eigenvalue weighted by Crippen LogP contribution is 2.31. The van der Waals surface area contributed by atoms with Gasteiger partial charge < -0.3 is 4.90 Å². The largest absolute Gasteiger partial charge is 0.378 e. The third-order valence-electron chi connectivity index (χ3n) is 4.68. The smallest absolute Gasteiger partial charge is 0.129 e. The average Bonchev–Trinajstić information content (AvgIpc) is 2.50. The minimum Gasteiger partial charge on any atom is -0.378 e. The zero-order valence-electron chi connectivity index (χ0n) is 17.5. The summed E-state index contributed by atoms with van der Waals surface area (Å²) in [6.45, 7) is 10.9. The van der Waals surface area contributed by atoms with Crippen LogP contribution in [0.4, 0.5) is 10.1 Å². The maximum atomic E-state index is 15.0. The number of hydrogen-bond acceptors (Lipinski definition) is 1. The van der Waals surface area contributed by atoms with Crippen molar-refractivity contribution in [2.75, 3.05) is 19.0 Å². The molecule has 0 saturated heterocycles. The Hall–Kier alpha value is -1.83. The van der Waals surface area contributed by atoms with Gasteiger partial charge in [0.1, 0.15) is 5.82 Å². The Morgan fingerprint density at radius 3 is 1.81 bits per heavy atom. The number of rotatable bonds is 6. The summed E-state index contributed by atoms with van der Waals surface area (Å²) in [7, 11) is 4.10. The van der Waals surface area contributed by atoms with Gasteiger partial charge in [0.25, 0.3) is 0 Å². The third kappa shape index (κ3) is 5.86. The van der Waals surface area contributed by atoms with E-state index < -0.39 is 0 Å². The van der Waals surface area contributed by atoms with E-state index >= 15 is 4.39 Å². The molecule has 0 aliphatic carbocycles. The molecule has 0 aliphatic heterocycles.